The number of amides is 3. The lowest BCUT2D eigenvalue weighted by molar-refractivity contribution is -0.168. The van der Waals surface area contributed by atoms with E-state index >= 15 is 0 Å². The van der Waals surface area contributed by atoms with Crippen LogP contribution in [0.3, 0.4) is 0 Å². The van der Waals surface area contributed by atoms with Crippen LogP contribution >= 0.6 is 0 Å². The molecule has 0 aromatic heterocycles. The normalized spacial score (nSPS) is 26.4. The molecule has 3 rings (SSSR count). The van der Waals surface area contributed by atoms with Gasteiger partial charge in [-0.2, -0.15) is 0 Å². The summed E-state index contributed by atoms with van der Waals surface area (Å²) in [6, 6.07) is 5.89. The second-order valence-corrected chi connectivity index (χ2v) is 8.91. The van der Waals surface area contributed by atoms with Gasteiger partial charge in [0.1, 0.15) is 0 Å². The number of carbonyl (C=O) groups excluding carboxylic acids is 3. The van der Waals surface area contributed by atoms with Gasteiger partial charge in [0.15, 0.2) is 0 Å². The molecule has 2 fully saturated rings. The molecule has 2 aliphatic rings. The summed E-state index contributed by atoms with van der Waals surface area (Å²) in [5.41, 5.74) is 2.21. The zero-order valence-corrected chi connectivity index (χ0v) is 17.0. The minimum Gasteiger partial charge on any atom is -0.326 e. The number of fused-ring (bicyclic) bond motifs is 2. The Bertz CT molecular complexity index is 799. The maximum absolute atomic E-state index is 13.0. The van der Waals surface area contributed by atoms with Gasteiger partial charge in [-0.25, -0.2) is 0 Å². The number of anilines is 1. The van der Waals surface area contributed by atoms with Crippen LogP contribution in [-0.2, 0) is 14.4 Å². The number of likely N-dealkylation sites (tertiary alicyclic amines) is 1. The number of imide groups is 1. The number of rotatable bonds is 5. The molecule has 1 aliphatic carbocycles. The van der Waals surface area contributed by atoms with Crippen LogP contribution in [0.5, 0.6) is 0 Å². The van der Waals surface area contributed by atoms with Crippen LogP contribution < -0.4 is 5.32 Å². The standard InChI is InChI=1S/C22H30N2O3/c1-14-8-9-17(15(2)13-14)23-18(25)7-6-12-24-19(26)16-10-11-22(5,20(24)27)21(16,3)4/h8-9,13,16H,6-7,10-12H2,1-5H3,(H,23,25). The molecule has 1 N–H and O–H groups in total. The maximum Gasteiger partial charge on any atom is 0.235 e. The number of piperidine rings is 1. The zero-order chi connectivity index (χ0) is 20.0. The second kappa shape index (κ2) is 6.77. The van der Waals surface area contributed by atoms with Crippen molar-refractivity contribution < 1.29 is 14.4 Å². The molecule has 0 radical (unpaired) electrons. The first-order chi connectivity index (χ1) is 12.6. The van der Waals surface area contributed by atoms with Gasteiger partial charge in [-0.15, -0.1) is 0 Å². The van der Waals surface area contributed by atoms with E-state index in [1.807, 2.05) is 52.8 Å². The highest BCUT2D eigenvalue weighted by Crippen LogP contribution is 2.60. The van der Waals surface area contributed by atoms with E-state index in [0.717, 1.165) is 29.7 Å². The van der Waals surface area contributed by atoms with Gasteiger partial charge in [0.25, 0.3) is 0 Å². The van der Waals surface area contributed by atoms with Crippen LogP contribution in [0.2, 0.25) is 0 Å². The lowest BCUT2D eigenvalue weighted by Crippen LogP contribution is -2.59. The monoisotopic (exact) mass is 370 g/mol. The second-order valence-electron chi connectivity index (χ2n) is 8.91. The molecule has 1 aromatic carbocycles. The van der Waals surface area contributed by atoms with E-state index in [2.05, 4.69) is 5.32 Å². The minimum atomic E-state index is -0.479. The van der Waals surface area contributed by atoms with Crippen molar-refractivity contribution in [3.8, 4) is 0 Å². The lowest BCUT2D eigenvalue weighted by Gasteiger charge is -2.47. The smallest absolute Gasteiger partial charge is 0.235 e. The van der Waals surface area contributed by atoms with E-state index in [9.17, 15) is 14.4 Å². The first-order valence-electron chi connectivity index (χ1n) is 9.81. The molecule has 1 aliphatic heterocycles. The summed E-state index contributed by atoms with van der Waals surface area (Å²) in [5.74, 6) is -0.312. The van der Waals surface area contributed by atoms with Crippen LogP contribution in [0.1, 0.15) is 57.6 Å². The van der Waals surface area contributed by atoms with Crippen LogP contribution in [0.25, 0.3) is 0 Å². The molecule has 0 spiro atoms. The van der Waals surface area contributed by atoms with Gasteiger partial charge in [0.2, 0.25) is 17.7 Å². The third-order valence-corrected chi connectivity index (χ3v) is 6.95. The zero-order valence-electron chi connectivity index (χ0n) is 17.0. The van der Waals surface area contributed by atoms with E-state index in [4.69, 9.17) is 0 Å². The van der Waals surface area contributed by atoms with Crippen molar-refractivity contribution in [3.63, 3.8) is 0 Å². The predicted octanol–water partition coefficient (Wildman–Crippen LogP) is 3.83. The molecule has 1 saturated carbocycles. The fourth-order valence-electron chi connectivity index (χ4n) is 4.68. The van der Waals surface area contributed by atoms with Crippen molar-refractivity contribution in [2.75, 3.05) is 11.9 Å². The summed E-state index contributed by atoms with van der Waals surface area (Å²) in [5, 5.41) is 2.92. The largest absolute Gasteiger partial charge is 0.326 e. The SMILES string of the molecule is Cc1ccc(NC(=O)CCCN2C(=O)C3CCC(C)(C2=O)C3(C)C)c(C)c1. The van der Waals surface area contributed by atoms with Gasteiger partial charge in [0.05, 0.1) is 5.41 Å². The topological polar surface area (TPSA) is 66.5 Å². The Hall–Kier alpha value is -2.17. The Morgan fingerprint density at radius 1 is 1.22 bits per heavy atom. The molecule has 5 nitrogen and oxygen atoms in total. The van der Waals surface area contributed by atoms with Gasteiger partial charge in [-0.05, 0) is 50.2 Å². The van der Waals surface area contributed by atoms with Crippen molar-refractivity contribution in [2.24, 2.45) is 16.7 Å². The van der Waals surface area contributed by atoms with Gasteiger partial charge >= 0.3 is 0 Å². The Balaban J connectivity index is 1.58. The van der Waals surface area contributed by atoms with Gasteiger partial charge in [-0.1, -0.05) is 38.5 Å². The van der Waals surface area contributed by atoms with Gasteiger partial charge in [-0.3, -0.25) is 19.3 Å². The molecule has 2 atom stereocenters. The van der Waals surface area contributed by atoms with Gasteiger partial charge in [0, 0.05) is 24.6 Å². The third-order valence-electron chi connectivity index (χ3n) is 6.95. The molecule has 2 bridgehead atoms. The predicted molar refractivity (Wildman–Crippen MR) is 105 cm³/mol. The first kappa shape index (κ1) is 19.6. The van der Waals surface area contributed by atoms with Gasteiger partial charge < -0.3 is 5.32 Å². The lowest BCUT2D eigenvalue weighted by atomic mass is 9.62. The molecular weight excluding hydrogens is 340 g/mol. The molecular formula is C22H30N2O3. The van der Waals surface area contributed by atoms with Crippen LogP contribution in [0.15, 0.2) is 18.2 Å². The summed E-state index contributed by atoms with van der Waals surface area (Å²) >= 11 is 0. The fraction of sp³-hybridized carbons (Fsp3) is 0.591. The molecule has 146 valence electrons. The molecule has 1 saturated heterocycles. The molecule has 3 amide bonds. The summed E-state index contributed by atoms with van der Waals surface area (Å²) in [6.45, 7) is 10.4. The van der Waals surface area contributed by atoms with Crippen molar-refractivity contribution in [1.82, 2.24) is 4.90 Å². The molecule has 5 heteroatoms. The number of hydrogen-bond donors (Lipinski definition) is 1. The van der Waals surface area contributed by atoms with Crippen LogP contribution in [0, 0.1) is 30.6 Å². The van der Waals surface area contributed by atoms with Crippen molar-refractivity contribution in [1.29, 1.82) is 0 Å². The van der Waals surface area contributed by atoms with E-state index in [0.29, 0.717) is 13.0 Å². The van der Waals surface area contributed by atoms with E-state index in [-0.39, 0.29) is 35.5 Å². The van der Waals surface area contributed by atoms with E-state index < -0.39 is 5.41 Å². The number of aryl methyl sites for hydroxylation is 2. The Morgan fingerprint density at radius 3 is 2.59 bits per heavy atom. The van der Waals surface area contributed by atoms with Crippen molar-refractivity contribution in [2.45, 2.75) is 60.3 Å². The number of nitrogens with zero attached hydrogens (tertiary/aromatic N) is 1. The molecule has 1 aromatic rings. The molecule has 1 heterocycles. The van der Waals surface area contributed by atoms with Crippen LogP contribution in [-0.4, -0.2) is 29.2 Å². The quantitative estimate of drug-likeness (QED) is 0.801. The average Bonchev–Trinajstić information content (AvgIpc) is 2.77. The number of nitrogens with one attached hydrogen (secondary N) is 1. The van der Waals surface area contributed by atoms with Crippen molar-refractivity contribution >= 4 is 23.4 Å². The first-order valence-corrected chi connectivity index (χ1v) is 9.81. The van der Waals surface area contributed by atoms with E-state index in [1.165, 1.54) is 4.90 Å². The fourth-order valence-corrected chi connectivity index (χ4v) is 4.68. The summed E-state index contributed by atoms with van der Waals surface area (Å²) in [4.78, 5) is 39.5. The summed E-state index contributed by atoms with van der Waals surface area (Å²) in [7, 11) is 0. The summed E-state index contributed by atoms with van der Waals surface area (Å²) in [6.07, 6.45) is 2.31. The highest BCUT2D eigenvalue weighted by atomic mass is 16.2. The summed E-state index contributed by atoms with van der Waals surface area (Å²) < 4.78 is 0. The van der Waals surface area contributed by atoms with E-state index in [1.54, 1.807) is 0 Å². The Kier molecular flexibility index (Phi) is 4.91. The number of hydrogen-bond acceptors (Lipinski definition) is 3. The minimum absolute atomic E-state index is 0.0604. The maximum atomic E-state index is 13.0. The highest BCUT2D eigenvalue weighted by Gasteiger charge is 2.64. The Morgan fingerprint density at radius 2 is 1.93 bits per heavy atom. The highest BCUT2D eigenvalue weighted by molar-refractivity contribution is 6.03. The van der Waals surface area contributed by atoms with Crippen LogP contribution in [0.4, 0.5) is 5.69 Å². The van der Waals surface area contributed by atoms with Crippen molar-refractivity contribution in [3.05, 3.63) is 29.3 Å². The average molecular weight is 370 g/mol. The molecule has 2 unspecified atom stereocenters. The number of benzene rings is 1. The molecule has 27 heavy (non-hydrogen) atoms. The third kappa shape index (κ3) is 3.17. The Labute approximate surface area is 161 Å². The number of carbonyl (C=O) groups is 3.